The smallest absolute Gasteiger partial charge is 0.323 e. The molecular weight excluding hydrogens is 440 g/mol. The second kappa shape index (κ2) is 10.2. The molecule has 0 radical (unpaired) electrons. The lowest BCUT2D eigenvalue weighted by molar-refractivity contribution is 0.262. The number of carbonyl (C=O) groups excluding carboxylic acids is 1. The third-order valence-electron chi connectivity index (χ3n) is 6.04. The van der Waals surface area contributed by atoms with E-state index in [1.54, 1.807) is 6.20 Å². The number of amides is 2. The molecule has 9 heteroatoms. The summed E-state index contributed by atoms with van der Waals surface area (Å²) in [6, 6.07) is 20.3. The molecule has 5 rings (SSSR count). The number of nitrogens with one attached hydrogen (secondary N) is 5. The van der Waals surface area contributed by atoms with Crippen LogP contribution in [0.5, 0.6) is 0 Å². The predicted octanol–water partition coefficient (Wildman–Crippen LogP) is 6.18. The normalized spacial score (nSPS) is 13.4. The molecule has 0 aliphatic heterocycles. The van der Waals surface area contributed by atoms with Gasteiger partial charge in [-0.2, -0.15) is 5.10 Å². The van der Waals surface area contributed by atoms with Crippen molar-refractivity contribution in [3.8, 4) is 0 Å². The molecule has 178 valence electrons. The van der Waals surface area contributed by atoms with Crippen molar-refractivity contribution in [2.24, 2.45) is 0 Å². The van der Waals surface area contributed by atoms with Crippen LogP contribution in [0.1, 0.15) is 37.3 Å². The Bertz CT molecular complexity index is 1280. The first-order valence-corrected chi connectivity index (χ1v) is 11.7. The summed E-state index contributed by atoms with van der Waals surface area (Å²) >= 11 is 0. The number of aromatic nitrogens is 3. The molecule has 0 atom stereocenters. The highest BCUT2D eigenvalue weighted by atomic mass is 16.2. The van der Waals surface area contributed by atoms with E-state index in [0.717, 1.165) is 22.9 Å². The second-order valence-corrected chi connectivity index (χ2v) is 8.62. The molecule has 0 unspecified atom stereocenters. The molecule has 2 amide bonds. The van der Waals surface area contributed by atoms with Crippen LogP contribution >= 0.6 is 0 Å². The van der Waals surface area contributed by atoms with Crippen molar-refractivity contribution in [2.45, 2.75) is 31.6 Å². The lowest BCUT2D eigenvalue weighted by Gasteiger charge is -2.11. The van der Waals surface area contributed by atoms with E-state index in [0.29, 0.717) is 23.1 Å². The van der Waals surface area contributed by atoms with Crippen LogP contribution in [0.15, 0.2) is 72.9 Å². The number of hydrogen-bond donors (Lipinski definition) is 6. The molecule has 1 aliphatic rings. The van der Waals surface area contributed by atoms with Crippen LogP contribution in [0.3, 0.4) is 0 Å². The molecule has 2 aromatic heterocycles. The van der Waals surface area contributed by atoms with Crippen LogP contribution in [0.25, 0.3) is 0 Å². The van der Waals surface area contributed by atoms with Crippen molar-refractivity contribution < 1.29 is 4.79 Å². The van der Waals surface area contributed by atoms with E-state index in [2.05, 4.69) is 42.5 Å². The minimum atomic E-state index is -0.303. The van der Waals surface area contributed by atoms with Crippen LogP contribution in [0, 0.1) is 0 Å². The van der Waals surface area contributed by atoms with E-state index in [1.807, 2.05) is 60.7 Å². The first-order valence-electron chi connectivity index (χ1n) is 11.7. The van der Waals surface area contributed by atoms with Crippen LogP contribution in [-0.4, -0.2) is 21.2 Å². The van der Waals surface area contributed by atoms with Gasteiger partial charge in [-0.1, -0.05) is 31.0 Å². The number of pyridine rings is 1. The van der Waals surface area contributed by atoms with E-state index in [9.17, 15) is 4.79 Å². The molecule has 9 nitrogen and oxygen atoms in total. The van der Waals surface area contributed by atoms with Gasteiger partial charge in [0.05, 0.1) is 17.6 Å². The summed E-state index contributed by atoms with van der Waals surface area (Å²) in [4.78, 5) is 16.6. The number of benzene rings is 2. The van der Waals surface area contributed by atoms with Crippen molar-refractivity contribution in [1.82, 2.24) is 15.2 Å². The highest BCUT2D eigenvalue weighted by Gasteiger charge is 2.19. The van der Waals surface area contributed by atoms with Gasteiger partial charge in [-0.25, -0.2) is 9.78 Å². The van der Waals surface area contributed by atoms with E-state index in [1.165, 1.54) is 31.4 Å². The van der Waals surface area contributed by atoms with E-state index >= 15 is 0 Å². The predicted molar refractivity (Wildman–Crippen MR) is 141 cm³/mol. The van der Waals surface area contributed by atoms with Gasteiger partial charge in [0, 0.05) is 40.8 Å². The maximum atomic E-state index is 12.2. The number of urea groups is 1. The van der Waals surface area contributed by atoms with Crippen molar-refractivity contribution >= 4 is 46.1 Å². The fourth-order valence-corrected chi connectivity index (χ4v) is 4.23. The highest BCUT2D eigenvalue weighted by molar-refractivity contribution is 5.99. The Kier molecular flexibility index (Phi) is 6.47. The molecular formula is C26H28N8O. The largest absolute Gasteiger partial charge is 0.396 e. The number of nitrogens with two attached hydrogens (primary N) is 1. The summed E-state index contributed by atoms with van der Waals surface area (Å²) in [5.41, 5.74) is 10.8. The van der Waals surface area contributed by atoms with Gasteiger partial charge < -0.3 is 27.0 Å². The van der Waals surface area contributed by atoms with Crippen LogP contribution < -0.4 is 27.0 Å². The number of H-pyrrole nitrogens is 1. The van der Waals surface area contributed by atoms with Gasteiger partial charge in [-0.05, 0) is 49.2 Å². The number of carbonyl (C=O) groups is 1. The maximum absolute atomic E-state index is 12.2. The molecule has 1 fully saturated rings. The highest BCUT2D eigenvalue weighted by Crippen LogP contribution is 2.34. The average Bonchev–Trinajstić information content (AvgIpc) is 3.55. The summed E-state index contributed by atoms with van der Waals surface area (Å²) in [6.45, 7) is 0. The zero-order chi connectivity index (χ0) is 24.0. The molecule has 7 N–H and O–H groups in total. The number of hydrogen-bond acceptors (Lipinski definition) is 6. The van der Waals surface area contributed by atoms with Gasteiger partial charge >= 0.3 is 6.03 Å². The molecule has 0 bridgehead atoms. The average molecular weight is 469 g/mol. The number of aromatic amines is 1. The lowest BCUT2D eigenvalue weighted by Crippen LogP contribution is -2.19. The minimum Gasteiger partial charge on any atom is -0.396 e. The van der Waals surface area contributed by atoms with Gasteiger partial charge in [-0.15, -0.1) is 0 Å². The fourth-order valence-electron chi connectivity index (χ4n) is 4.23. The monoisotopic (exact) mass is 468 g/mol. The number of rotatable bonds is 7. The quantitative estimate of drug-likeness (QED) is 0.192. The Morgan fingerprint density at radius 1 is 0.857 bits per heavy atom. The summed E-state index contributed by atoms with van der Waals surface area (Å²) in [5.74, 6) is 1.93. The van der Waals surface area contributed by atoms with Gasteiger partial charge in [0.1, 0.15) is 5.82 Å². The van der Waals surface area contributed by atoms with Crippen molar-refractivity contribution in [1.29, 1.82) is 0 Å². The SMILES string of the molecule is Nc1cnc(Nc2ccc(NC(=O)Nc3ccccc3)cc2)cc1Nc1cc(C2CCCC2)[nH]n1. The molecule has 2 heterocycles. The standard InChI is InChI=1S/C26H28N8O/c27-21-16-28-24(15-23(21)32-25-14-22(33-34-25)17-6-4-5-7-17)29-19-10-12-20(13-11-19)31-26(35)30-18-8-2-1-3-9-18/h1-3,8-17H,4-7,27H2,(H2,30,31,35)(H3,28,29,32,33,34). The number of nitrogen functional groups attached to an aromatic ring is 1. The zero-order valence-electron chi connectivity index (χ0n) is 19.2. The summed E-state index contributed by atoms with van der Waals surface area (Å²) in [6.07, 6.45) is 6.57. The van der Waals surface area contributed by atoms with Crippen LogP contribution in [0.2, 0.25) is 0 Å². The first-order chi connectivity index (χ1) is 17.1. The first kappa shape index (κ1) is 22.3. The Morgan fingerprint density at radius 3 is 2.29 bits per heavy atom. The third kappa shape index (κ3) is 5.70. The Hall–Kier alpha value is -4.53. The summed E-state index contributed by atoms with van der Waals surface area (Å²) in [5, 5.41) is 19.7. The third-order valence-corrected chi connectivity index (χ3v) is 6.04. The summed E-state index contributed by atoms with van der Waals surface area (Å²) in [7, 11) is 0. The summed E-state index contributed by atoms with van der Waals surface area (Å²) < 4.78 is 0. The molecule has 4 aromatic rings. The van der Waals surface area contributed by atoms with Crippen molar-refractivity contribution in [3.63, 3.8) is 0 Å². The van der Waals surface area contributed by atoms with E-state index in [-0.39, 0.29) is 6.03 Å². The van der Waals surface area contributed by atoms with Crippen molar-refractivity contribution in [2.75, 3.05) is 27.0 Å². The number of nitrogens with zero attached hydrogens (tertiary/aromatic N) is 2. The Balaban J connectivity index is 1.20. The van der Waals surface area contributed by atoms with Crippen LogP contribution in [0.4, 0.5) is 44.9 Å². The number of anilines is 7. The number of para-hydroxylation sites is 1. The lowest BCUT2D eigenvalue weighted by atomic mass is 10.0. The molecule has 1 saturated carbocycles. The van der Waals surface area contributed by atoms with Gasteiger partial charge in [0.15, 0.2) is 5.82 Å². The molecule has 1 aliphatic carbocycles. The van der Waals surface area contributed by atoms with Gasteiger partial charge in [0.25, 0.3) is 0 Å². The second-order valence-electron chi connectivity index (χ2n) is 8.62. The molecule has 0 spiro atoms. The zero-order valence-corrected chi connectivity index (χ0v) is 19.2. The molecule has 2 aromatic carbocycles. The van der Waals surface area contributed by atoms with Crippen LogP contribution in [-0.2, 0) is 0 Å². The maximum Gasteiger partial charge on any atom is 0.323 e. The molecule has 35 heavy (non-hydrogen) atoms. The van der Waals surface area contributed by atoms with Gasteiger partial charge in [0.2, 0.25) is 0 Å². The Labute approximate surface area is 203 Å². The Morgan fingerprint density at radius 2 is 1.54 bits per heavy atom. The fraction of sp³-hybridized carbons (Fsp3) is 0.192. The van der Waals surface area contributed by atoms with E-state index < -0.39 is 0 Å². The van der Waals surface area contributed by atoms with Gasteiger partial charge in [-0.3, -0.25) is 5.10 Å². The van der Waals surface area contributed by atoms with E-state index in [4.69, 9.17) is 5.73 Å². The minimum absolute atomic E-state index is 0.303. The topological polar surface area (TPSA) is 133 Å². The molecule has 0 saturated heterocycles. The van der Waals surface area contributed by atoms with Crippen molar-refractivity contribution in [3.05, 3.63) is 78.6 Å².